The van der Waals surface area contributed by atoms with E-state index < -0.39 is 11.9 Å². The SMILES string of the molecule is COC(=O)c1cc2c([nH]c3cc(F)ccc32)c(-c2ccc(COC(C)=O)o2)n1. The van der Waals surface area contributed by atoms with Gasteiger partial charge in [0, 0.05) is 23.2 Å². The first-order valence-corrected chi connectivity index (χ1v) is 8.39. The van der Waals surface area contributed by atoms with Crippen molar-refractivity contribution in [2.45, 2.75) is 13.5 Å². The predicted octanol–water partition coefficient (Wildman–Crippen LogP) is 3.96. The Balaban J connectivity index is 1.92. The number of fused-ring (bicyclic) bond motifs is 3. The zero-order chi connectivity index (χ0) is 19.8. The topological polar surface area (TPSA) is 94.4 Å². The van der Waals surface area contributed by atoms with E-state index in [9.17, 15) is 14.0 Å². The van der Waals surface area contributed by atoms with Crippen LogP contribution in [0.5, 0.6) is 0 Å². The highest BCUT2D eigenvalue weighted by Gasteiger charge is 2.19. The van der Waals surface area contributed by atoms with Crippen molar-refractivity contribution in [2.75, 3.05) is 7.11 Å². The smallest absolute Gasteiger partial charge is 0.356 e. The van der Waals surface area contributed by atoms with Crippen LogP contribution in [0, 0.1) is 5.82 Å². The predicted molar refractivity (Wildman–Crippen MR) is 98.1 cm³/mol. The van der Waals surface area contributed by atoms with Crippen LogP contribution >= 0.6 is 0 Å². The second-order valence-corrected chi connectivity index (χ2v) is 6.13. The van der Waals surface area contributed by atoms with E-state index in [1.807, 2.05) is 0 Å². The molecule has 0 saturated carbocycles. The van der Waals surface area contributed by atoms with E-state index in [4.69, 9.17) is 13.9 Å². The van der Waals surface area contributed by atoms with Crippen molar-refractivity contribution in [1.82, 2.24) is 9.97 Å². The quantitative estimate of drug-likeness (QED) is 0.537. The molecule has 0 unspecified atom stereocenters. The van der Waals surface area contributed by atoms with Gasteiger partial charge in [0.1, 0.15) is 29.6 Å². The number of aromatic amines is 1. The third kappa shape index (κ3) is 3.09. The van der Waals surface area contributed by atoms with E-state index in [0.29, 0.717) is 33.6 Å². The van der Waals surface area contributed by atoms with E-state index in [-0.39, 0.29) is 18.1 Å². The van der Waals surface area contributed by atoms with Crippen LogP contribution in [0.3, 0.4) is 0 Å². The number of esters is 2. The van der Waals surface area contributed by atoms with Crippen molar-refractivity contribution in [1.29, 1.82) is 0 Å². The summed E-state index contributed by atoms with van der Waals surface area (Å²) in [6, 6.07) is 9.24. The van der Waals surface area contributed by atoms with Crippen LogP contribution in [0.2, 0.25) is 0 Å². The average molecular weight is 382 g/mol. The lowest BCUT2D eigenvalue weighted by Gasteiger charge is -2.04. The van der Waals surface area contributed by atoms with Gasteiger partial charge < -0.3 is 18.9 Å². The summed E-state index contributed by atoms with van der Waals surface area (Å²) in [5, 5.41) is 1.41. The van der Waals surface area contributed by atoms with Crippen LogP contribution in [-0.2, 0) is 20.9 Å². The maximum atomic E-state index is 13.6. The van der Waals surface area contributed by atoms with Gasteiger partial charge in [-0.3, -0.25) is 4.79 Å². The van der Waals surface area contributed by atoms with Crippen LogP contribution in [0.1, 0.15) is 23.2 Å². The number of furan rings is 1. The normalized spacial score (nSPS) is 11.1. The first-order chi connectivity index (χ1) is 13.5. The molecule has 8 heteroatoms. The second-order valence-electron chi connectivity index (χ2n) is 6.13. The first-order valence-electron chi connectivity index (χ1n) is 8.39. The molecule has 0 bridgehead atoms. The number of ether oxygens (including phenoxy) is 2. The van der Waals surface area contributed by atoms with Crippen molar-refractivity contribution >= 4 is 33.7 Å². The highest BCUT2D eigenvalue weighted by molar-refractivity contribution is 6.12. The average Bonchev–Trinajstić information content (AvgIpc) is 3.28. The number of hydrogen-bond donors (Lipinski definition) is 1. The Bertz CT molecular complexity index is 1220. The fourth-order valence-corrected chi connectivity index (χ4v) is 3.02. The van der Waals surface area contributed by atoms with E-state index in [1.165, 1.54) is 26.2 Å². The molecule has 0 spiro atoms. The molecular weight excluding hydrogens is 367 g/mol. The van der Waals surface area contributed by atoms with E-state index in [0.717, 1.165) is 5.39 Å². The molecule has 1 N–H and O–H groups in total. The third-order valence-corrected chi connectivity index (χ3v) is 4.26. The number of halogens is 1. The molecule has 0 fully saturated rings. The van der Waals surface area contributed by atoms with E-state index >= 15 is 0 Å². The summed E-state index contributed by atoms with van der Waals surface area (Å²) in [4.78, 5) is 30.6. The molecule has 0 amide bonds. The van der Waals surface area contributed by atoms with Crippen molar-refractivity contribution in [3.05, 3.63) is 53.7 Å². The molecule has 3 heterocycles. The summed E-state index contributed by atoms with van der Waals surface area (Å²) in [5.41, 5.74) is 1.60. The minimum absolute atomic E-state index is 0.0208. The minimum atomic E-state index is -0.605. The van der Waals surface area contributed by atoms with Crippen LogP contribution < -0.4 is 0 Å². The molecule has 142 valence electrons. The fraction of sp³-hybridized carbons (Fsp3) is 0.150. The van der Waals surface area contributed by atoms with Gasteiger partial charge in [0.15, 0.2) is 5.76 Å². The lowest BCUT2D eigenvalue weighted by atomic mass is 10.1. The summed E-state index contributed by atoms with van der Waals surface area (Å²) in [5.74, 6) is -0.630. The van der Waals surface area contributed by atoms with Gasteiger partial charge in [-0.1, -0.05) is 0 Å². The number of rotatable bonds is 4. The standard InChI is InChI=1S/C20H15FN2O5/c1-10(24)27-9-12-4-6-17(28-12)19-18-14(8-16(23-19)20(25)26-2)13-5-3-11(21)7-15(13)22-18/h3-8,22H,9H2,1-2H3. The number of methoxy groups -OCH3 is 1. The molecule has 7 nitrogen and oxygen atoms in total. The number of nitrogens with zero attached hydrogens (tertiary/aromatic N) is 1. The highest BCUT2D eigenvalue weighted by atomic mass is 19.1. The largest absolute Gasteiger partial charge is 0.464 e. The van der Waals surface area contributed by atoms with Crippen LogP contribution in [-0.4, -0.2) is 29.0 Å². The molecule has 0 saturated heterocycles. The number of nitrogens with one attached hydrogen (secondary N) is 1. The Labute approximate surface area is 158 Å². The number of carbonyl (C=O) groups excluding carboxylic acids is 2. The van der Waals surface area contributed by atoms with Gasteiger partial charge in [-0.15, -0.1) is 0 Å². The summed E-state index contributed by atoms with van der Waals surface area (Å²) in [7, 11) is 1.27. The van der Waals surface area contributed by atoms with Gasteiger partial charge >= 0.3 is 11.9 Å². The van der Waals surface area contributed by atoms with Crippen LogP contribution in [0.4, 0.5) is 4.39 Å². The monoisotopic (exact) mass is 382 g/mol. The lowest BCUT2D eigenvalue weighted by Crippen LogP contribution is -2.05. The number of H-pyrrole nitrogens is 1. The minimum Gasteiger partial charge on any atom is -0.464 e. The zero-order valence-corrected chi connectivity index (χ0v) is 15.0. The molecule has 0 atom stereocenters. The Hall–Kier alpha value is -3.68. The molecular formula is C20H15FN2O5. The van der Waals surface area contributed by atoms with Gasteiger partial charge in [0.25, 0.3) is 0 Å². The molecule has 0 aliphatic heterocycles. The molecule has 4 rings (SSSR count). The second kappa shape index (κ2) is 6.80. The molecule has 4 aromatic rings. The molecule has 0 aliphatic rings. The van der Waals surface area contributed by atoms with E-state index in [1.54, 1.807) is 24.3 Å². The number of hydrogen-bond acceptors (Lipinski definition) is 6. The van der Waals surface area contributed by atoms with Crippen LogP contribution in [0.15, 0.2) is 40.8 Å². The highest BCUT2D eigenvalue weighted by Crippen LogP contribution is 2.34. The third-order valence-electron chi connectivity index (χ3n) is 4.26. The van der Waals surface area contributed by atoms with Crippen molar-refractivity contribution in [2.24, 2.45) is 0 Å². The maximum absolute atomic E-state index is 13.6. The zero-order valence-electron chi connectivity index (χ0n) is 15.0. The maximum Gasteiger partial charge on any atom is 0.356 e. The summed E-state index contributed by atoms with van der Waals surface area (Å²) < 4.78 is 29.1. The van der Waals surface area contributed by atoms with Gasteiger partial charge in [-0.25, -0.2) is 14.2 Å². The summed E-state index contributed by atoms with van der Waals surface area (Å²) in [6.07, 6.45) is 0. The van der Waals surface area contributed by atoms with E-state index in [2.05, 4.69) is 9.97 Å². The number of benzene rings is 1. The van der Waals surface area contributed by atoms with Gasteiger partial charge in [0.2, 0.25) is 0 Å². The molecule has 28 heavy (non-hydrogen) atoms. The van der Waals surface area contributed by atoms with Gasteiger partial charge in [-0.05, 0) is 36.4 Å². The number of carbonyl (C=O) groups is 2. The lowest BCUT2D eigenvalue weighted by molar-refractivity contribution is -0.142. The Kier molecular flexibility index (Phi) is 4.31. The van der Waals surface area contributed by atoms with Crippen LogP contribution in [0.25, 0.3) is 33.3 Å². The molecule has 0 aliphatic carbocycles. The van der Waals surface area contributed by atoms with Crippen molar-refractivity contribution < 1.29 is 27.9 Å². The summed E-state index contributed by atoms with van der Waals surface area (Å²) >= 11 is 0. The van der Waals surface area contributed by atoms with Crippen molar-refractivity contribution in [3.63, 3.8) is 0 Å². The molecule has 0 radical (unpaired) electrons. The fourth-order valence-electron chi connectivity index (χ4n) is 3.02. The van der Waals surface area contributed by atoms with Gasteiger partial charge in [0.05, 0.1) is 12.6 Å². The first kappa shape index (κ1) is 17.7. The van der Waals surface area contributed by atoms with Gasteiger partial charge in [-0.2, -0.15) is 0 Å². The Morgan fingerprint density at radius 3 is 2.75 bits per heavy atom. The molecule has 3 aromatic heterocycles. The Morgan fingerprint density at radius 1 is 1.18 bits per heavy atom. The van der Waals surface area contributed by atoms with Crippen molar-refractivity contribution in [3.8, 4) is 11.5 Å². The Morgan fingerprint density at radius 2 is 2.00 bits per heavy atom. The molecule has 1 aromatic carbocycles. The summed E-state index contributed by atoms with van der Waals surface area (Å²) in [6.45, 7) is 1.28. The number of aromatic nitrogens is 2. The number of pyridine rings is 1.